The van der Waals surface area contributed by atoms with Gasteiger partial charge < -0.3 is 19.4 Å². The van der Waals surface area contributed by atoms with Gasteiger partial charge in [0.1, 0.15) is 16.6 Å². The summed E-state index contributed by atoms with van der Waals surface area (Å²) < 4.78 is 39.8. The van der Waals surface area contributed by atoms with Crippen LogP contribution in [0, 0.1) is 0 Å². The number of anilines is 1. The van der Waals surface area contributed by atoms with Gasteiger partial charge in [0.15, 0.2) is 0 Å². The summed E-state index contributed by atoms with van der Waals surface area (Å²) >= 11 is 12.0. The van der Waals surface area contributed by atoms with Crippen molar-refractivity contribution >= 4 is 44.8 Å². The number of ether oxygens (including phenoxy) is 2. The minimum absolute atomic E-state index is 0.0544. The highest BCUT2D eigenvalue weighted by molar-refractivity contribution is 7.89. The smallest absolute Gasteiger partial charge is 0.272 e. The Morgan fingerprint density at radius 2 is 1.87 bits per heavy atom. The van der Waals surface area contributed by atoms with Crippen LogP contribution >= 0.6 is 23.2 Å². The number of nitrogens with one attached hydrogen (secondary N) is 1. The van der Waals surface area contributed by atoms with Gasteiger partial charge in [-0.05, 0) is 38.1 Å². The number of rotatable bonds is 6. The summed E-state index contributed by atoms with van der Waals surface area (Å²) in [7, 11) is -2.14. The molecule has 2 aromatic rings. The van der Waals surface area contributed by atoms with E-state index >= 15 is 0 Å². The average molecular weight is 476 g/mol. The number of carbonyl (C=O) groups is 1. The Kier molecular flexibility index (Phi) is 6.98. The highest BCUT2D eigenvalue weighted by atomic mass is 35.5. The van der Waals surface area contributed by atoms with E-state index in [1.807, 2.05) is 13.8 Å². The first kappa shape index (κ1) is 22.9. The Labute approximate surface area is 185 Å². The minimum Gasteiger partial charge on any atom is -0.489 e. The summed E-state index contributed by atoms with van der Waals surface area (Å²) in [6.07, 6.45) is -0.179. The molecule has 8 nitrogen and oxygen atoms in total. The van der Waals surface area contributed by atoms with E-state index in [1.54, 1.807) is 7.05 Å². The Morgan fingerprint density at radius 3 is 2.43 bits per heavy atom. The number of nitrogens with zero attached hydrogens (tertiary/aromatic N) is 2. The summed E-state index contributed by atoms with van der Waals surface area (Å²) in [5.74, 6) is -0.147. The Bertz CT molecular complexity index is 1050. The second-order valence-corrected chi connectivity index (χ2v) is 9.73. The molecule has 0 atom stereocenters. The van der Waals surface area contributed by atoms with E-state index in [0.29, 0.717) is 19.0 Å². The van der Waals surface area contributed by atoms with Gasteiger partial charge in [0.05, 0.1) is 34.9 Å². The number of amides is 1. The molecule has 3 rings (SSSR count). The van der Waals surface area contributed by atoms with Gasteiger partial charge in [0.25, 0.3) is 5.91 Å². The SMILES string of the molecule is CC(C)Oc1ccc(S(=O)(=O)N2CCOCC2)cc1NC(=O)c1cc(Cl)c(Cl)n1C. The van der Waals surface area contributed by atoms with Crippen LogP contribution in [0.1, 0.15) is 24.3 Å². The Morgan fingerprint density at radius 1 is 1.20 bits per heavy atom. The second-order valence-electron chi connectivity index (χ2n) is 7.02. The van der Waals surface area contributed by atoms with Crippen LogP contribution in [0.4, 0.5) is 5.69 Å². The molecule has 11 heteroatoms. The number of carbonyl (C=O) groups excluding carboxylic acids is 1. The first-order valence-corrected chi connectivity index (χ1v) is 11.5. The molecule has 1 N–H and O–H groups in total. The van der Waals surface area contributed by atoms with E-state index < -0.39 is 15.9 Å². The maximum atomic E-state index is 13.0. The quantitative estimate of drug-likeness (QED) is 0.691. The first-order valence-electron chi connectivity index (χ1n) is 9.32. The zero-order valence-corrected chi connectivity index (χ0v) is 19.1. The standard InChI is InChI=1S/C19H23Cl2N3O5S/c1-12(2)29-17-5-4-13(30(26,27)24-6-8-28-9-7-24)10-15(17)22-19(25)16-11-14(20)18(21)23(16)3/h4-5,10-12H,6-9H2,1-3H3,(H,22,25). The summed E-state index contributed by atoms with van der Waals surface area (Å²) in [5, 5.41) is 3.19. The number of sulfonamides is 1. The summed E-state index contributed by atoms with van der Waals surface area (Å²) in [6, 6.07) is 5.84. The molecule has 164 valence electrons. The minimum atomic E-state index is -3.74. The van der Waals surface area contributed by atoms with Crippen molar-refractivity contribution in [2.45, 2.75) is 24.8 Å². The summed E-state index contributed by atoms with van der Waals surface area (Å²) in [6.45, 7) is 4.89. The third-order valence-electron chi connectivity index (χ3n) is 4.52. The Balaban J connectivity index is 1.97. The molecular weight excluding hydrogens is 453 g/mol. The number of hydrogen-bond donors (Lipinski definition) is 1. The lowest BCUT2D eigenvalue weighted by Gasteiger charge is -2.26. The third kappa shape index (κ3) is 4.76. The molecule has 1 saturated heterocycles. The molecule has 1 aliphatic heterocycles. The molecule has 1 aliphatic rings. The van der Waals surface area contributed by atoms with Gasteiger partial charge in [-0.2, -0.15) is 4.31 Å². The van der Waals surface area contributed by atoms with Crippen molar-refractivity contribution in [1.29, 1.82) is 0 Å². The predicted octanol–water partition coefficient (Wildman–Crippen LogP) is 3.39. The molecule has 1 fully saturated rings. The molecule has 30 heavy (non-hydrogen) atoms. The van der Waals surface area contributed by atoms with E-state index in [4.69, 9.17) is 32.7 Å². The molecule has 0 saturated carbocycles. The van der Waals surface area contributed by atoms with Gasteiger partial charge in [-0.3, -0.25) is 4.79 Å². The van der Waals surface area contributed by atoms with Crippen molar-refractivity contribution in [2.24, 2.45) is 7.05 Å². The van der Waals surface area contributed by atoms with Crippen LogP contribution in [0.25, 0.3) is 0 Å². The van der Waals surface area contributed by atoms with Gasteiger partial charge in [-0.15, -0.1) is 0 Å². The van der Waals surface area contributed by atoms with E-state index in [1.165, 1.54) is 33.1 Å². The highest BCUT2D eigenvalue weighted by Crippen LogP contribution is 2.32. The summed E-state index contributed by atoms with van der Waals surface area (Å²) in [5.41, 5.74) is 0.457. The van der Waals surface area contributed by atoms with E-state index in [2.05, 4.69) is 5.32 Å². The zero-order chi connectivity index (χ0) is 22.1. The van der Waals surface area contributed by atoms with E-state index in [-0.39, 0.29) is 45.6 Å². The number of morpholine rings is 1. The fourth-order valence-corrected chi connectivity index (χ4v) is 4.82. The van der Waals surface area contributed by atoms with Gasteiger partial charge >= 0.3 is 0 Å². The van der Waals surface area contributed by atoms with Crippen LogP contribution in [0.2, 0.25) is 10.2 Å². The number of benzene rings is 1. The number of halogens is 2. The van der Waals surface area contributed by atoms with Crippen LogP contribution < -0.4 is 10.1 Å². The zero-order valence-electron chi connectivity index (χ0n) is 16.8. The molecule has 0 bridgehead atoms. The van der Waals surface area contributed by atoms with Crippen LogP contribution in [0.15, 0.2) is 29.2 Å². The monoisotopic (exact) mass is 475 g/mol. The first-order chi connectivity index (χ1) is 14.1. The largest absolute Gasteiger partial charge is 0.489 e. The van der Waals surface area contributed by atoms with Crippen molar-refractivity contribution in [2.75, 3.05) is 31.6 Å². The number of aromatic nitrogens is 1. The molecule has 0 radical (unpaired) electrons. The van der Waals surface area contributed by atoms with Crippen LogP contribution in [0.3, 0.4) is 0 Å². The third-order valence-corrected chi connectivity index (χ3v) is 7.26. The average Bonchev–Trinajstić information content (AvgIpc) is 2.97. The lowest BCUT2D eigenvalue weighted by Crippen LogP contribution is -2.40. The van der Waals surface area contributed by atoms with Crippen molar-refractivity contribution < 1.29 is 22.7 Å². The lowest BCUT2D eigenvalue weighted by molar-refractivity contribution is 0.0730. The molecule has 2 heterocycles. The summed E-state index contributed by atoms with van der Waals surface area (Å²) in [4.78, 5) is 12.9. The fourth-order valence-electron chi connectivity index (χ4n) is 3.01. The van der Waals surface area contributed by atoms with Crippen molar-refractivity contribution in [3.05, 3.63) is 40.1 Å². The van der Waals surface area contributed by atoms with Gasteiger partial charge in [-0.25, -0.2) is 8.42 Å². The normalized spacial score (nSPS) is 15.4. The van der Waals surface area contributed by atoms with Crippen LogP contribution in [-0.4, -0.2) is 55.6 Å². The van der Waals surface area contributed by atoms with E-state index in [0.717, 1.165) is 0 Å². The molecular formula is C19H23Cl2N3O5S. The van der Waals surface area contributed by atoms with Gasteiger partial charge in [0.2, 0.25) is 10.0 Å². The number of hydrogen-bond acceptors (Lipinski definition) is 5. The maximum Gasteiger partial charge on any atom is 0.272 e. The Hall–Kier alpha value is -1.78. The molecule has 0 unspecified atom stereocenters. The van der Waals surface area contributed by atoms with Gasteiger partial charge in [-0.1, -0.05) is 23.2 Å². The molecule has 1 aromatic heterocycles. The van der Waals surface area contributed by atoms with Crippen molar-refractivity contribution in [3.8, 4) is 5.75 Å². The van der Waals surface area contributed by atoms with E-state index in [9.17, 15) is 13.2 Å². The van der Waals surface area contributed by atoms with Gasteiger partial charge in [0, 0.05) is 20.1 Å². The van der Waals surface area contributed by atoms with Crippen molar-refractivity contribution in [3.63, 3.8) is 0 Å². The fraction of sp³-hybridized carbons (Fsp3) is 0.421. The molecule has 0 aliphatic carbocycles. The predicted molar refractivity (Wildman–Crippen MR) is 115 cm³/mol. The van der Waals surface area contributed by atoms with Crippen molar-refractivity contribution in [1.82, 2.24) is 8.87 Å². The highest BCUT2D eigenvalue weighted by Gasteiger charge is 2.28. The van der Waals surface area contributed by atoms with Crippen LogP contribution in [0.5, 0.6) is 5.75 Å². The lowest BCUT2D eigenvalue weighted by atomic mass is 10.2. The second kappa shape index (κ2) is 9.15. The molecule has 1 amide bonds. The topological polar surface area (TPSA) is 89.9 Å². The molecule has 0 spiro atoms. The maximum absolute atomic E-state index is 13.0. The molecule has 1 aromatic carbocycles. The van der Waals surface area contributed by atoms with Crippen LogP contribution in [-0.2, 0) is 21.8 Å².